The second-order valence-electron chi connectivity index (χ2n) is 4.64. The smallest absolute Gasteiger partial charge is 0.337 e. The van der Waals surface area contributed by atoms with E-state index < -0.39 is 16.8 Å². The molecule has 0 bridgehead atoms. The number of amides is 1. The van der Waals surface area contributed by atoms with Crippen LogP contribution in [0.2, 0.25) is 0 Å². The van der Waals surface area contributed by atoms with Crippen molar-refractivity contribution in [3.05, 3.63) is 75.3 Å². The average Bonchev–Trinajstić information content (AvgIpc) is 2.59. The molecular weight excluding hydrogens is 300 g/mol. The van der Waals surface area contributed by atoms with E-state index in [2.05, 4.69) is 10.1 Å². The number of esters is 1. The highest BCUT2D eigenvalue weighted by molar-refractivity contribution is 5.97. The van der Waals surface area contributed by atoms with Crippen molar-refractivity contribution in [2.45, 2.75) is 6.54 Å². The largest absolute Gasteiger partial charge is 0.465 e. The zero-order chi connectivity index (χ0) is 16.8. The van der Waals surface area contributed by atoms with Crippen LogP contribution < -0.4 is 5.32 Å². The maximum Gasteiger partial charge on any atom is 0.337 e. The van der Waals surface area contributed by atoms with E-state index in [1.165, 1.54) is 25.3 Å². The van der Waals surface area contributed by atoms with Gasteiger partial charge in [0, 0.05) is 23.7 Å². The lowest BCUT2D eigenvalue weighted by Gasteiger charge is -2.07. The summed E-state index contributed by atoms with van der Waals surface area (Å²) in [6, 6.07) is 12.2. The van der Waals surface area contributed by atoms with E-state index >= 15 is 0 Å². The number of benzene rings is 2. The van der Waals surface area contributed by atoms with Gasteiger partial charge >= 0.3 is 5.97 Å². The van der Waals surface area contributed by atoms with Crippen molar-refractivity contribution in [2.24, 2.45) is 0 Å². The Morgan fingerprint density at radius 1 is 1.13 bits per heavy atom. The summed E-state index contributed by atoms with van der Waals surface area (Å²) < 4.78 is 4.60. The molecule has 0 fully saturated rings. The Bertz CT molecular complexity index is 758. The molecule has 1 N–H and O–H groups in total. The minimum atomic E-state index is -0.543. The number of hydrogen-bond donors (Lipinski definition) is 1. The molecule has 0 aliphatic carbocycles. The summed E-state index contributed by atoms with van der Waals surface area (Å²) in [7, 11) is 1.25. The van der Waals surface area contributed by atoms with Crippen LogP contribution in [-0.4, -0.2) is 23.9 Å². The van der Waals surface area contributed by atoms with Gasteiger partial charge in [-0.05, 0) is 18.2 Å². The van der Waals surface area contributed by atoms with Crippen LogP contribution in [0.3, 0.4) is 0 Å². The van der Waals surface area contributed by atoms with Crippen molar-refractivity contribution < 1.29 is 19.2 Å². The third-order valence-electron chi connectivity index (χ3n) is 3.17. The number of carbonyl (C=O) groups is 2. The van der Waals surface area contributed by atoms with Gasteiger partial charge in [-0.2, -0.15) is 0 Å². The number of nitro benzene ring substituents is 1. The molecule has 2 aromatic carbocycles. The van der Waals surface area contributed by atoms with Crippen molar-refractivity contribution in [1.29, 1.82) is 0 Å². The van der Waals surface area contributed by atoms with Gasteiger partial charge in [-0.25, -0.2) is 4.79 Å². The first kappa shape index (κ1) is 16.2. The number of nitro groups is 1. The third kappa shape index (κ3) is 3.91. The summed E-state index contributed by atoms with van der Waals surface area (Å²) in [5.74, 6) is -0.979. The Balaban J connectivity index is 2.12. The van der Waals surface area contributed by atoms with E-state index in [-0.39, 0.29) is 23.4 Å². The number of carbonyl (C=O) groups excluding carboxylic acids is 2. The Labute approximate surface area is 132 Å². The van der Waals surface area contributed by atoms with Gasteiger partial charge < -0.3 is 10.1 Å². The second kappa shape index (κ2) is 7.17. The normalized spacial score (nSPS) is 9.96. The van der Waals surface area contributed by atoms with Crippen LogP contribution in [0.1, 0.15) is 26.3 Å². The van der Waals surface area contributed by atoms with E-state index in [4.69, 9.17) is 0 Å². The predicted molar refractivity (Wildman–Crippen MR) is 82.0 cm³/mol. The van der Waals surface area contributed by atoms with Gasteiger partial charge in [0.05, 0.1) is 17.6 Å². The molecule has 0 aliphatic rings. The van der Waals surface area contributed by atoms with Crippen LogP contribution in [0.15, 0.2) is 48.5 Å². The van der Waals surface area contributed by atoms with E-state index in [1.54, 1.807) is 30.3 Å². The third-order valence-corrected chi connectivity index (χ3v) is 3.17. The van der Waals surface area contributed by atoms with Crippen LogP contribution in [-0.2, 0) is 11.3 Å². The van der Waals surface area contributed by atoms with Gasteiger partial charge in [-0.1, -0.05) is 24.3 Å². The van der Waals surface area contributed by atoms with Crippen LogP contribution in [0.4, 0.5) is 5.69 Å². The predicted octanol–water partition coefficient (Wildman–Crippen LogP) is 2.31. The lowest BCUT2D eigenvalue weighted by atomic mass is 10.1. The molecule has 2 aromatic rings. The van der Waals surface area contributed by atoms with E-state index in [0.29, 0.717) is 5.56 Å². The highest BCUT2D eigenvalue weighted by Gasteiger charge is 2.14. The monoisotopic (exact) mass is 314 g/mol. The number of ether oxygens (including phenoxy) is 1. The van der Waals surface area contributed by atoms with Crippen LogP contribution in [0.25, 0.3) is 0 Å². The standard InChI is InChI=1S/C16H14N2O5/c1-23-16(20)12-7-4-6-11(9-12)15(19)17-10-13-5-2-3-8-14(13)18(21)22/h2-9H,10H2,1H3,(H,17,19). The van der Waals surface area contributed by atoms with Gasteiger partial charge in [0.25, 0.3) is 11.6 Å². The van der Waals surface area contributed by atoms with Crippen LogP contribution in [0.5, 0.6) is 0 Å². The molecule has 7 heteroatoms. The molecule has 0 spiro atoms. The van der Waals surface area contributed by atoms with Gasteiger partial charge in [-0.3, -0.25) is 14.9 Å². The summed E-state index contributed by atoms with van der Waals surface area (Å²) >= 11 is 0. The molecule has 1 amide bonds. The molecule has 0 saturated heterocycles. The van der Waals surface area contributed by atoms with Crippen LogP contribution in [0, 0.1) is 10.1 Å². The van der Waals surface area contributed by atoms with E-state index in [9.17, 15) is 19.7 Å². The maximum absolute atomic E-state index is 12.1. The number of para-hydroxylation sites is 1. The lowest BCUT2D eigenvalue weighted by molar-refractivity contribution is -0.385. The number of nitrogens with zero attached hydrogens (tertiary/aromatic N) is 1. The molecule has 0 unspecified atom stereocenters. The number of nitrogens with one attached hydrogen (secondary N) is 1. The fourth-order valence-corrected chi connectivity index (χ4v) is 2.02. The van der Waals surface area contributed by atoms with Gasteiger partial charge in [0.2, 0.25) is 0 Å². The van der Waals surface area contributed by atoms with Gasteiger partial charge in [0.15, 0.2) is 0 Å². The van der Waals surface area contributed by atoms with E-state index in [1.807, 2.05) is 0 Å². The molecule has 0 heterocycles. The van der Waals surface area contributed by atoms with Gasteiger partial charge in [0.1, 0.15) is 0 Å². The fourth-order valence-electron chi connectivity index (χ4n) is 2.02. The first-order valence-electron chi connectivity index (χ1n) is 6.72. The zero-order valence-electron chi connectivity index (χ0n) is 12.3. The molecular formula is C16H14N2O5. The van der Waals surface area contributed by atoms with E-state index in [0.717, 1.165) is 0 Å². The topological polar surface area (TPSA) is 98.5 Å². The average molecular weight is 314 g/mol. The first-order chi connectivity index (χ1) is 11.0. The number of methoxy groups -OCH3 is 1. The molecule has 0 radical (unpaired) electrons. The Morgan fingerprint density at radius 3 is 2.52 bits per heavy atom. The Hall–Kier alpha value is -3.22. The van der Waals surface area contributed by atoms with Crippen molar-refractivity contribution >= 4 is 17.6 Å². The first-order valence-corrected chi connectivity index (χ1v) is 6.72. The SMILES string of the molecule is COC(=O)c1cccc(C(=O)NCc2ccccc2[N+](=O)[O-])c1. The highest BCUT2D eigenvalue weighted by Crippen LogP contribution is 2.17. The number of rotatable bonds is 5. The fraction of sp³-hybridized carbons (Fsp3) is 0.125. The summed E-state index contributed by atoms with van der Waals surface area (Å²) in [6.07, 6.45) is 0. The second-order valence-corrected chi connectivity index (χ2v) is 4.64. The summed E-state index contributed by atoms with van der Waals surface area (Å²) in [6.45, 7) is 0.0123. The zero-order valence-corrected chi connectivity index (χ0v) is 12.3. The van der Waals surface area contributed by atoms with Crippen molar-refractivity contribution in [2.75, 3.05) is 7.11 Å². The number of hydrogen-bond acceptors (Lipinski definition) is 5. The van der Waals surface area contributed by atoms with Crippen LogP contribution >= 0.6 is 0 Å². The Kier molecular flexibility index (Phi) is 5.03. The van der Waals surface area contributed by atoms with Crippen molar-refractivity contribution in [3.8, 4) is 0 Å². The quantitative estimate of drug-likeness (QED) is 0.519. The summed E-state index contributed by atoms with van der Waals surface area (Å²) in [4.78, 5) is 34.0. The Morgan fingerprint density at radius 2 is 1.83 bits per heavy atom. The molecule has 23 heavy (non-hydrogen) atoms. The molecule has 7 nitrogen and oxygen atoms in total. The highest BCUT2D eigenvalue weighted by atomic mass is 16.6. The minimum absolute atomic E-state index is 0.0123. The minimum Gasteiger partial charge on any atom is -0.465 e. The molecule has 2 rings (SSSR count). The maximum atomic E-state index is 12.1. The molecule has 0 aromatic heterocycles. The lowest BCUT2D eigenvalue weighted by Crippen LogP contribution is -2.23. The van der Waals surface area contributed by atoms with Crippen molar-refractivity contribution in [3.63, 3.8) is 0 Å². The summed E-state index contributed by atoms with van der Waals surface area (Å²) in [5.41, 5.74) is 0.864. The molecule has 0 atom stereocenters. The van der Waals surface area contributed by atoms with Crippen molar-refractivity contribution in [1.82, 2.24) is 5.32 Å². The molecule has 0 aliphatic heterocycles. The summed E-state index contributed by atoms with van der Waals surface area (Å²) in [5, 5.41) is 13.5. The van der Waals surface area contributed by atoms with Gasteiger partial charge in [-0.15, -0.1) is 0 Å². The molecule has 0 saturated carbocycles. The molecule has 118 valence electrons.